The molecule has 0 radical (unpaired) electrons. The van der Waals surface area contributed by atoms with E-state index in [1.54, 1.807) is 24.3 Å². The molecule has 31 heavy (non-hydrogen) atoms. The molecule has 2 aliphatic rings. The quantitative estimate of drug-likeness (QED) is 0.756. The minimum atomic E-state index is -3.60. The van der Waals surface area contributed by atoms with E-state index in [1.807, 2.05) is 25.1 Å². The number of thioether (sulfide) groups is 1. The number of ether oxygens (including phenoxy) is 1. The number of hydrogen-bond acceptors (Lipinski definition) is 6. The maximum absolute atomic E-state index is 13.1. The number of amidine groups is 1. The standard InChI is InChI=1S/C21H24N4O4S2/c1-16-15-22-21(30-16)25(20(26)23-17-5-3-2-4-6-17)18-7-9-19(10-8-18)31(27,28)24-11-13-29-14-12-24/h2-10,16H,11-15H2,1H3,(H,23,26)/t16-/m0/s1. The molecular formula is C21H24N4O4S2. The zero-order valence-electron chi connectivity index (χ0n) is 17.1. The molecule has 10 heteroatoms. The lowest BCUT2D eigenvalue weighted by atomic mass is 10.3. The van der Waals surface area contributed by atoms with Gasteiger partial charge >= 0.3 is 6.03 Å². The smallest absolute Gasteiger partial charge is 0.332 e. The summed E-state index contributed by atoms with van der Waals surface area (Å²) in [5, 5.41) is 3.74. The molecule has 0 unspecified atom stereocenters. The number of anilines is 2. The normalized spacial score (nSPS) is 19.6. The molecule has 0 spiro atoms. The summed E-state index contributed by atoms with van der Waals surface area (Å²) in [6, 6.07) is 15.2. The summed E-state index contributed by atoms with van der Waals surface area (Å²) in [5.74, 6) is 0. The second-order valence-electron chi connectivity index (χ2n) is 7.19. The lowest BCUT2D eigenvalue weighted by Gasteiger charge is -2.26. The van der Waals surface area contributed by atoms with Crippen LogP contribution in [-0.2, 0) is 14.8 Å². The number of aliphatic imine (C=N–C) groups is 1. The van der Waals surface area contributed by atoms with E-state index in [2.05, 4.69) is 10.3 Å². The van der Waals surface area contributed by atoms with E-state index in [0.717, 1.165) is 0 Å². The zero-order valence-corrected chi connectivity index (χ0v) is 18.7. The van der Waals surface area contributed by atoms with Crippen LogP contribution in [0.4, 0.5) is 16.2 Å². The number of hydrogen-bond donors (Lipinski definition) is 1. The van der Waals surface area contributed by atoms with Crippen LogP contribution in [0.25, 0.3) is 0 Å². The second-order valence-corrected chi connectivity index (χ2v) is 10.5. The molecule has 1 atom stereocenters. The minimum absolute atomic E-state index is 0.191. The highest BCUT2D eigenvalue weighted by molar-refractivity contribution is 8.15. The molecule has 2 amide bonds. The number of benzene rings is 2. The fourth-order valence-electron chi connectivity index (χ4n) is 3.30. The van der Waals surface area contributed by atoms with Gasteiger partial charge in [0.25, 0.3) is 0 Å². The largest absolute Gasteiger partial charge is 0.379 e. The highest BCUT2D eigenvalue weighted by Crippen LogP contribution is 2.29. The summed E-state index contributed by atoms with van der Waals surface area (Å²) in [6.45, 7) is 4.12. The van der Waals surface area contributed by atoms with E-state index in [9.17, 15) is 13.2 Å². The van der Waals surface area contributed by atoms with E-state index in [0.29, 0.717) is 49.4 Å². The van der Waals surface area contributed by atoms with Crippen molar-refractivity contribution >= 4 is 44.4 Å². The minimum Gasteiger partial charge on any atom is -0.379 e. The van der Waals surface area contributed by atoms with Crippen LogP contribution in [0.3, 0.4) is 0 Å². The van der Waals surface area contributed by atoms with Crippen LogP contribution >= 0.6 is 11.8 Å². The molecule has 2 aromatic rings. The molecule has 4 rings (SSSR count). The topological polar surface area (TPSA) is 91.3 Å². The molecule has 164 valence electrons. The summed E-state index contributed by atoms with van der Waals surface area (Å²) in [5.41, 5.74) is 1.22. The Morgan fingerprint density at radius 3 is 2.42 bits per heavy atom. The van der Waals surface area contributed by atoms with Gasteiger partial charge in [0.05, 0.1) is 30.3 Å². The summed E-state index contributed by atoms with van der Waals surface area (Å²) in [6.07, 6.45) is 0. The first-order valence-electron chi connectivity index (χ1n) is 10.0. The number of nitrogens with zero attached hydrogens (tertiary/aromatic N) is 3. The Morgan fingerprint density at radius 2 is 1.81 bits per heavy atom. The summed E-state index contributed by atoms with van der Waals surface area (Å²) in [4.78, 5) is 19.3. The van der Waals surface area contributed by atoms with E-state index < -0.39 is 10.0 Å². The SMILES string of the molecule is C[C@H]1CN=C(N(C(=O)Nc2ccccc2)c2ccc(S(=O)(=O)N3CCOCC3)cc2)S1. The number of nitrogens with one attached hydrogen (secondary N) is 1. The van der Waals surface area contributed by atoms with Crippen LogP contribution in [0.2, 0.25) is 0 Å². The van der Waals surface area contributed by atoms with Gasteiger partial charge in [-0.2, -0.15) is 4.31 Å². The molecule has 2 aliphatic heterocycles. The van der Waals surface area contributed by atoms with Crippen molar-refractivity contribution in [1.29, 1.82) is 0 Å². The number of morpholine rings is 1. The summed E-state index contributed by atoms with van der Waals surface area (Å²) < 4.78 is 32.5. The molecule has 2 heterocycles. The van der Waals surface area contributed by atoms with Gasteiger partial charge in [0, 0.05) is 24.0 Å². The lowest BCUT2D eigenvalue weighted by Crippen LogP contribution is -2.40. The molecule has 0 bridgehead atoms. The van der Waals surface area contributed by atoms with Gasteiger partial charge in [-0.1, -0.05) is 36.9 Å². The fourth-order valence-corrected chi connectivity index (χ4v) is 5.66. The fraction of sp³-hybridized carbons (Fsp3) is 0.333. The van der Waals surface area contributed by atoms with Crippen molar-refractivity contribution in [3.63, 3.8) is 0 Å². The van der Waals surface area contributed by atoms with Gasteiger partial charge in [0.1, 0.15) is 0 Å². The number of carbonyl (C=O) groups excluding carboxylic acids is 1. The third kappa shape index (κ3) is 4.93. The van der Waals surface area contributed by atoms with Gasteiger partial charge in [-0.05, 0) is 36.4 Å². The predicted molar refractivity (Wildman–Crippen MR) is 123 cm³/mol. The number of amides is 2. The third-order valence-corrected chi connectivity index (χ3v) is 7.90. The van der Waals surface area contributed by atoms with Crippen molar-refractivity contribution in [2.75, 3.05) is 43.1 Å². The average molecular weight is 461 g/mol. The Balaban J connectivity index is 1.60. The van der Waals surface area contributed by atoms with E-state index >= 15 is 0 Å². The monoisotopic (exact) mass is 460 g/mol. The Labute approximate surface area is 186 Å². The Bertz CT molecular complexity index is 1050. The van der Waals surface area contributed by atoms with Crippen LogP contribution in [0, 0.1) is 0 Å². The van der Waals surface area contributed by atoms with Gasteiger partial charge in [-0.25, -0.2) is 18.1 Å². The molecule has 0 saturated carbocycles. The first kappa shape index (κ1) is 21.8. The lowest BCUT2D eigenvalue weighted by molar-refractivity contribution is 0.0730. The van der Waals surface area contributed by atoms with Crippen LogP contribution in [0.5, 0.6) is 0 Å². The molecule has 1 fully saturated rings. The summed E-state index contributed by atoms with van der Waals surface area (Å²) in [7, 11) is -3.60. The van der Waals surface area contributed by atoms with Crippen LogP contribution in [0.1, 0.15) is 6.92 Å². The van der Waals surface area contributed by atoms with E-state index in [1.165, 1.54) is 33.1 Å². The van der Waals surface area contributed by atoms with Crippen molar-refractivity contribution in [2.24, 2.45) is 4.99 Å². The van der Waals surface area contributed by atoms with Gasteiger partial charge in [-0.3, -0.25) is 4.99 Å². The van der Waals surface area contributed by atoms with Gasteiger partial charge < -0.3 is 10.1 Å². The highest BCUT2D eigenvalue weighted by atomic mass is 32.2. The molecule has 0 aliphatic carbocycles. The van der Waals surface area contributed by atoms with Crippen LogP contribution in [-0.4, -0.2) is 62.0 Å². The molecule has 1 saturated heterocycles. The second kappa shape index (κ2) is 9.39. The molecule has 0 aromatic heterocycles. The van der Waals surface area contributed by atoms with Gasteiger partial charge in [0.2, 0.25) is 10.0 Å². The Hall–Kier alpha value is -2.40. The maximum Gasteiger partial charge on any atom is 0.332 e. The molecule has 2 aromatic carbocycles. The molecular weight excluding hydrogens is 436 g/mol. The predicted octanol–water partition coefficient (Wildman–Crippen LogP) is 3.24. The number of carbonyl (C=O) groups is 1. The maximum atomic E-state index is 13.1. The first-order valence-corrected chi connectivity index (χ1v) is 12.3. The Morgan fingerprint density at radius 1 is 1.13 bits per heavy atom. The van der Waals surface area contributed by atoms with Gasteiger partial charge in [0.15, 0.2) is 5.17 Å². The summed E-state index contributed by atoms with van der Waals surface area (Å²) >= 11 is 1.51. The van der Waals surface area contributed by atoms with Crippen molar-refractivity contribution < 1.29 is 17.9 Å². The van der Waals surface area contributed by atoms with Crippen LogP contribution < -0.4 is 10.2 Å². The molecule has 1 N–H and O–H groups in total. The van der Waals surface area contributed by atoms with Crippen LogP contribution in [0.15, 0.2) is 64.5 Å². The van der Waals surface area contributed by atoms with Crippen molar-refractivity contribution in [3.05, 3.63) is 54.6 Å². The number of rotatable bonds is 4. The molecule has 8 nitrogen and oxygen atoms in total. The van der Waals surface area contributed by atoms with E-state index in [4.69, 9.17) is 4.74 Å². The first-order chi connectivity index (χ1) is 14.9. The van der Waals surface area contributed by atoms with Crippen molar-refractivity contribution in [3.8, 4) is 0 Å². The number of para-hydroxylation sites is 1. The van der Waals surface area contributed by atoms with E-state index in [-0.39, 0.29) is 16.2 Å². The van der Waals surface area contributed by atoms with Crippen molar-refractivity contribution in [1.82, 2.24) is 4.31 Å². The average Bonchev–Trinajstić information content (AvgIpc) is 3.21. The zero-order chi connectivity index (χ0) is 21.8. The number of urea groups is 1. The van der Waals surface area contributed by atoms with Crippen molar-refractivity contribution in [2.45, 2.75) is 17.1 Å². The van der Waals surface area contributed by atoms with Gasteiger partial charge in [-0.15, -0.1) is 0 Å². The third-order valence-electron chi connectivity index (χ3n) is 4.91. The number of sulfonamides is 1. The highest BCUT2D eigenvalue weighted by Gasteiger charge is 2.29. The Kier molecular flexibility index (Phi) is 6.61.